The summed E-state index contributed by atoms with van der Waals surface area (Å²) in [5.74, 6) is 1.02. The summed E-state index contributed by atoms with van der Waals surface area (Å²) in [6, 6.07) is 6.00. The molecular weight excluding hydrogens is 328 g/mol. The number of carbonyl (C=O) groups excluding carboxylic acids is 1. The largest absolute Gasteiger partial charge is 0.491 e. The van der Waals surface area contributed by atoms with Crippen LogP contribution in [0.2, 0.25) is 5.02 Å². The van der Waals surface area contributed by atoms with Crippen LogP contribution in [-0.4, -0.2) is 61.2 Å². The maximum atomic E-state index is 12.6. The van der Waals surface area contributed by atoms with E-state index in [4.69, 9.17) is 21.1 Å². The molecule has 0 spiro atoms. The van der Waals surface area contributed by atoms with Gasteiger partial charge in [0.1, 0.15) is 12.4 Å². The lowest BCUT2D eigenvalue weighted by atomic mass is 10.1. The third kappa shape index (κ3) is 4.41. The second kappa shape index (κ2) is 8.19. The molecule has 0 N–H and O–H groups in total. The maximum Gasteiger partial charge on any atom is 0.223 e. The van der Waals surface area contributed by atoms with E-state index in [2.05, 4.69) is 11.8 Å². The van der Waals surface area contributed by atoms with Gasteiger partial charge in [0, 0.05) is 42.7 Å². The van der Waals surface area contributed by atoms with Gasteiger partial charge in [0.2, 0.25) is 5.91 Å². The molecule has 0 saturated carbocycles. The Balaban J connectivity index is 1.54. The Morgan fingerprint density at radius 2 is 2.04 bits per heavy atom. The highest BCUT2D eigenvalue weighted by molar-refractivity contribution is 6.30. The third-order valence-electron chi connectivity index (χ3n) is 4.80. The number of fused-ring (bicyclic) bond motifs is 1. The molecule has 6 heteroatoms. The molecule has 1 aromatic carbocycles. The van der Waals surface area contributed by atoms with Crippen LogP contribution in [0.15, 0.2) is 18.2 Å². The van der Waals surface area contributed by atoms with Gasteiger partial charge in [-0.25, -0.2) is 0 Å². The number of hydrogen-bond donors (Lipinski definition) is 0. The molecule has 0 aromatic heterocycles. The quantitative estimate of drug-likeness (QED) is 0.835. The Hall–Kier alpha value is -1.30. The number of rotatable bonds is 4. The molecule has 1 saturated heterocycles. The molecule has 1 fully saturated rings. The lowest BCUT2D eigenvalue weighted by Crippen LogP contribution is -2.42. The molecule has 0 bridgehead atoms. The Morgan fingerprint density at radius 1 is 1.25 bits per heavy atom. The first kappa shape index (κ1) is 17.5. The van der Waals surface area contributed by atoms with Crippen LogP contribution < -0.4 is 4.74 Å². The second-order valence-corrected chi connectivity index (χ2v) is 6.89. The fourth-order valence-corrected chi connectivity index (χ4v) is 3.46. The predicted octanol–water partition coefficient (Wildman–Crippen LogP) is 2.56. The molecule has 24 heavy (non-hydrogen) atoms. The molecular formula is C18H25ClN2O3. The number of benzene rings is 1. The minimum Gasteiger partial charge on any atom is -0.491 e. The summed E-state index contributed by atoms with van der Waals surface area (Å²) in [4.78, 5) is 16.9. The van der Waals surface area contributed by atoms with E-state index in [9.17, 15) is 4.79 Å². The molecule has 0 aliphatic carbocycles. The van der Waals surface area contributed by atoms with E-state index in [1.165, 1.54) is 0 Å². The first-order chi connectivity index (χ1) is 11.6. The SMILES string of the molecule is CC(CCC(=O)N1CCOc2ccc(Cl)cc2C1)N1CCOCC1. The summed E-state index contributed by atoms with van der Waals surface area (Å²) in [6.45, 7) is 7.41. The van der Waals surface area contributed by atoms with E-state index in [1.54, 1.807) is 0 Å². The van der Waals surface area contributed by atoms with Crippen LogP contribution >= 0.6 is 11.6 Å². The molecule has 3 rings (SSSR count). The van der Waals surface area contributed by atoms with Gasteiger partial charge in [-0.2, -0.15) is 0 Å². The number of amides is 1. The summed E-state index contributed by atoms with van der Waals surface area (Å²) in [7, 11) is 0. The lowest BCUT2D eigenvalue weighted by molar-refractivity contribution is -0.132. The summed E-state index contributed by atoms with van der Waals surface area (Å²) in [5, 5.41) is 0.674. The molecule has 2 aliphatic heterocycles. The summed E-state index contributed by atoms with van der Waals surface area (Å²) in [5.41, 5.74) is 0.981. The van der Waals surface area contributed by atoms with Crippen molar-refractivity contribution in [3.05, 3.63) is 28.8 Å². The van der Waals surface area contributed by atoms with Gasteiger partial charge in [-0.1, -0.05) is 11.6 Å². The highest BCUT2D eigenvalue weighted by Gasteiger charge is 2.22. The molecule has 1 unspecified atom stereocenters. The highest BCUT2D eigenvalue weighted by Crippen LogP contribution is 2.26. The molecule has 2 heterocycles. The van der Waals surface area contributed by atoms with Crippen LogP contribution in [-0.2, 0) is 16.1 Å². The monoisotopic (exact) mass is 352 g/mol. The van der Waals surface area contributed by atoms with Crippen LogP contribution in [0.5, 0.6) is 5.75 Å². The Bertz CT molecular complexity index is 575. The van der Waals surface area contributed by atoms with Crippen molar-refractivity contribution in [2.45, 2.75) is 32.4 Å². The number of ether oxygens (including phenoxy) is 2. The summed E-state index contributed by atoms with van der Waals surface area (Å²) < 4.78 is 11.1. The zero-order chi connectivity index (χ0) is 16.9. The predicted molar refractivity (Wildman–Crippen MR) is 93.5 cm³/mol. The molecule has 0 radical (unpaired) electrons. The minimum atomic E-state index is 0.187. The molecule has 2 aliphatic rings. The van der Waals surface area contributed by atoms with Crippen molar-refractivity contribution >= 4 is 17.5 Å². The topological polar surface area (TPSA) is 42.0 Å². The highest BCUT2D eigenvalue weighted by atomic mass is 35.5. The number of nitrogens with zero attached hydrogens (tertiary/aromatic N) is 2. The van der Waals surface area contributed by atoms with Gasteiger partial charge in [0.15, 0.2) is 0 Å². The van der Waals surface area contributed by atoms with Crippen LogP contribution in [0, 0.1) is 0 Å². The van der Waals surface area contributed by atoms with E-state index in [0.717, 1.165) is 44.0 Å². The van der Waals surface area contributed by atoms with Gasteiger partial charge in [-0.05, 0) is 31.5 Å². The third-order valence-corrected chi connectivity index (χ3v) is 5.04. The second-order valence-electron chi connectivity index (χ2n) is 6.45. The Kier molecular flexibility index (Phi) is 5.98. The standard InChI is InChI=1S/C18H25ClN2O3/c1-14(20-6-9-23-10-7-20)2-5-18(22)21-8-11-24-17-4-3-16(19)12-15(17)13-21/h3-4,12,14H,2,5-11,13H2,1H3. The summed E-state index contributed by atoms with van der Waals surface area (Å²) >= 11 is 6.07. The molecule has 1 amide bonds. The smallest absolute Gasteiger partial charge is 0.223 e. The Morgan fingerprint density at radius 3 is 2.83 bits per heavy atom. The zero-order valence-electron chi connectivity index (χ0n) is 14.2. The summed E-state index contributed by atoms with van der Waals surface area (Å²) in [6.07, 6.45) is 1.44. The van der Waals surface area contributed by atoms with E-state index in [-0.39, 0.29) is 5.91 Å². The number of carbonyl (C=O) groups is 1. The number of morpholine rings is 1. The average Bonchev–Trinajstić information content (AvgIpc) is 2.82. The molecule has 1 atom stereocenters. The van der Waals surface area contributed by atoms with Crippen molar-refractivity contribution in [1.29, 1.82) is 0 Å². The van der Waals surface area contributed by atoms with Crippen LogP contribution in [0.3, 0.4) is 0 Å². The average molecular weight is 353 g/mol. The van der Waals surface area contributed by atoms with Crippen molar-refractivity contribution < 1.29 is 14.3 Å². The normalized spacial score (nSPS) is 20.0. The van der Waals surface area contributed by atoms with E-state index < -0.39 is 0 Å². The van der Waals surface area contributed by atoms with Gasteiger partial charge < -0.3 is 14.4 Å². The fraction of sp³-hybridized carbons (Fsp3) is 0.611. The van der Waals surface area contributed by atoms with Crippen molar-refractivity contribution in [3.8, 4) is 5.75 Å². The van der Waals surface area contributed by atoms with Crippen molar-refractivity contribution in [2.24, 2.45) is 0 Å². The first-order valence-corrected chi connectivity index (χ1v) is 9.02. The lowest BCUT2D eigenvalue weighted by Gasteiger charge is -2.32. The minimum absolute atomic E-state index is 0.187. The Labute approximate surface area is 148 Å². The molecule has 5 nitrogen and oxygen atoms in total. The van der Waals surface area contributed by atoms with Gasteiger partial charge in [-0.3, -0.25) is 9.69 Å². The van der Waals surface area contributed by atoms with Gasteiger partial charge in [0.25, 0.3) is 0 Å². The van der Waals surface area contributed by atoms with Crippen LogP contribution in [0.4, 0.5) is 0 Å². The van der Waals surface area contributed by atoms with Crippen molar-refractivity contribution in [3.63, 3.8) is 0 Å². The van der Waals surface area contributed by atoms with Crippen molar-refractivity contribution in [2.75, 3.05) is 39.5 Å². The van der Waals surface area contributed by atoms with Gasteiger partial charge in [0.05, 0.1) is 19.8 Å². The van der Waals surface area contributed by atoms with E-state index in [0.29, 0.717) is 37.2 Å². The first-order valence-electron chi connectivity index (χ1n) is 8.64. The molecule has 132 valence electrons. The number of hydrogen-bond acceptors (Lipinski definition) is 4. The maximum absolute atomic E-state index is 12.6. The van der Waals surface area contributed by atoms with E-state index in [1.807, 2.05) is 23.1 Å². The molecule has 1 aromatic rings. The fourth-order valence-electron chi connectivity index (χ4n) is 3.27. The zero-order valence-corrected chi connectivity index (χ0v) is 14.9. The van der Waals surface area contributed by atoms with Gasteiger partial charge in [-0.15, -0.1) is 0 Å². The number of halogens is 1. The van der Waals surface area contributed by atoms with Crippen LogP contribution in [0.1, 0.15) is 25.3 Å². The van der Waals surface area contributed by atoms with Crippen LogP contribution in [0.25, 0.3) is 0 Å². The van der Waals surface area contributed by atoms with Crippen molar-refractivity contribution in [1.82, 2.24) is 9.80 Å². The van der Waals surface area contributed by atoms with Gasteiger partial charge >= 0.3 is 0 Å². The van der Waals surface area contributed by atoms with E-state index >= 15 is 0 Å².